The molecule has 9 heteroatoms. The van der Waals surface area contributed by atoms with Crippen molar-refractivity contribution in [3.8, 4) is 0 Å². The number of hydrogen-bond donors (Lipinski definition) is 3. The van der Waals surface area contributed by atoms with E-state index in [2.05, 4.69) is 15.3 Å². The molecule has 2 heterocycles. The van der Waals surface area contributed by atoms with Crippen molar-refractivity contribution in [1.29, 1.82) is 0 Å². The Kier molecular flexibility index (Phi) is 5.61. The molecule has 1 atom stereocenters. The van der Waals surface area contributed by atoms with Gasteiger partial charge in [-0.1, -0.05) is 12.8 Å². The summed E-state index contributed by atoms with van der Waals surface area (Å²) in [7, 11) is -3.14. The lowest BCUT2D eigenvalue weighted by Gasteiger charge is -2.15. The lowest BCUT2D eigenvalue weighted by Crippen LogP contribution is -2.15. The third-order valence-corrected chi connectivity index (χ3v) is 7.29. The molecule has 29 heavy (non-hydrogen) atoms. The molecule has 7 nitrogen and oxygen atoms in total. The maximum Gasteiger partial charge on any atom is 0.305 e. The van der Waals surface area contributed by atoms with Crippen molar-refractivity contribution in [3.63, 3.8) is 0 Å². The van der Waals surface area contributed by atoms with E-state index in [-0.39, 0.29) is 18.2 Å². The molecule has 4 rings (SSSR count). The highest BCUT2D eigenvalue weighted by Gasteiger charge is 2.24. The normalized spacial score (nSPS) is 20.3. The lowest BCUT2D eigenvalue weighted by atomic mass is 10.1. The van der Waals surface area contributed by atoms with Crippen molar-refractivity contribution in [2.75, 3.05) is 17.3 Å². The second kappa shape index (κ2) is 8.02. The minimum atomic E-state index is -3.14. The van der Waals surface area contributed by atoms with Gasteiger partial charge in [0.2, 0.25) is 0 Å². The molecule has 1 aliphatic heterocycles. The Labute approximate surface area is 174 Å². The molecular weight excluding hydrogens is 410 g/mol. The van der Waals surface area contributed by atoms with E-state index in [4.69, 9.17) is 5.11 Å². The highest BCUT2D eigenvalue weighted by molar-refractivity contribution is 8.14. The Morgan fingerprint density at radius 2 is 2.07 bits per heavy atom. The number of anilines is 1. The van der Waals surface area contributed by atoms with E-state index >= 15 is 0 Å². The minimum Gasteiger partial charge on any atom is -0.481 e. The van der Waals surface area contributed by atoms with Gasteiger partial charge >= 0.3 is 5.97 Å². The molecule has 1 aromatic carbocycles. The van der Waals surface area contributed by atoms with Crippen molar-refractivity contribution in [2.45, 2.75) is 49.9 Å². The molecule has 1 saturated carbocycles. The van der Waals surface area contributed by atoms with E-state index in [1.807, 2.05) is 18.2 Å². The number of H-pyrrole nitrogens is 1. The zero-order chi connectivity index (χ0) is 20.6. The zero-order valence-corrected chi connectivity index (χ0v) is 17.9. The molecule has 2 aromatic rings. The summed E-state index contributed by atoms with van der Waals surface area (Å²) in [4.78, 5) is 18.9. The fourth-order valence-corrected chi connectivity index (χ4v) is 5.88. The van der Waals surface area contributed by atoms with Crippen LogP contribution in [0.4, 0.5) is 5.69 Å². The number of aromatic amines is 1. The second-order valence-electron chi connectivity index (χ2n) is 7.98. The molecule has 0 amide bonds. The summed E-state index contributed by atoms with van der Waals surface area (Å²) in [6.45, 7) is 0. The zero-order valence-electron chi connectivity index (χ0n) is 16.3. The van der Waals surface area contributed by atoms with E-state index in [0.29, 0.717) is 11.8 Å². The molecule has 3 N–H and O–H groups in total. The summed E-state index contributed by atoms with van der Waals surface area (Å²) in [5, 5.41) is 14.3. The standard InChI is InChI=1S/C20H25N3O4S2/c1-29(26,27)11-12-6-13-8-17(20-22-15(10-28-20)9-18(24)25)23-19(13)16(7-12)21-14-4-2-3-5-14/h6-8,14-15,21,23H,2-5,9-11H2,1H3,(H,24,25). The number of carboxylic acids is 1. The highest BCUT2D eigenvalue weighted by Crippen LogP contribution is 2.33. The topological polar surface area (TPSA) is 112 Å². The van der Waals surface area contributed by atoms with Gasteiger partial charge in [-0.05, 0) is 36.6 Å². The van der Waals surface area contributed by atoms with Gasteiger partial charge in [0.15, 0.2) is 9.84 Å². The van der Waals surface area contributed by atoms with Crippen LogP contribution in [0.25, 0.3) is 10.9 Å². The summed E-state index contributed by atoms with van der Waals surface area (Å²) >= 11 is 1.55. The number of nitrogens with zero attached hydrogens (tertiary/aromatic N) is 1. The molecular formula is C20H25N3O4S2. The highest BCUT2D eigenvalue weighted by atomic mass is 32.2. The number of sulfone groups is 1. The molecule has 0 radical (unpaired) electrons. The van der Waals surface area contributed by atoms with E-state index < -0.39 is 15.8 Å². The second-order valence-corrected chi connectivity index (χ2v) is 11.1. The smallest absolute Gasteiger partial charge is 0.305 e. The van der Waals surface area contributed by atoms with Gasteiger partial charge in [0, 0.05) is 23.4 Å². The molecule has 156 valence electrons. The number of nitrogens with one attached hydrogen (secondary N) is 2. The number of carbonyl (C=O) groups is 1. The molecule has 2 aliphatic rings. The van der Waals surface area contributed by atoms with E-state index in [9.17, 15) is 13.2 Å². The Hall–Kier alpha value is -2.00. The largest absolute Gasteiger partial charge is 0.481 e. The van der Waals surface area contributed by atoms with Crippen molar-refractivity contribution in [1.82, 2.24) is 4.98 Å². The van der Waals surface area contributed by atoms with Crippen molar-refractivity contribution >= 4 is 49.2 Å². The van der Waals surface area contributed by atoms with Crippen molar-refractivity contribution in [3.05, 3.63) is 29.5 Å². The Morgan fingerprint density at radius 1 is 1.31 bits per heavy atom. The summed E-state index contributed by atoms with van der Waals surface area (Å²) in [6.07, 6.45) is 5.92. The summed E-state index contributed by atoms with van der Waals surface area (Å²) < 4.78 is 23.7. The Balaban J connectivity index is 1.70. The van der Waals surface area contributed by atoms with E-state index in [1.165, 1.54) is 19.1 Å². The van der Waals surface area contributed by atoms with Crippen molar-refractivity contribution < 1.29 is 18.3 Å². The SMILES string of the molecule is CS(=O)(=O)Cc1cc(NC2CCCC2)c2[nH]c(C3=NC(CC(=O)O)CS3)cc2c1. The number of aliphatic imine (C=N–C) groups is 1. The van der Waals surface area contributed by atoms with Gasteiger partial charge in [-0.3, -0.25) is 9.79 Å². The number of hydrogen-bond acceptors (Lipinski definition) is 6. The fourth-order valence-electron chi connectivity index (χ4n) is 4.08. The van der Waals surface area contributed by atoms with Crippen LogP contribution in [0.15, 0.2) is 23.2 Å². The van der Waals surface area contributed by atoms with Crippen LogP contribution in [0.5, 0.6) is 0 Å². The minimum absolute atomic E-state index is 0.000811. The van der Waals surface area contributed by atoms with Crippen LogP contribution in [0.2, 0.25) is 0 Å². The quantitative estimate of drug-likeness (QED) is 0.615. The number of rotatable bonds is 7. The van der Waals surface area contributed by atoms with Gasteiger partial charge in [0.25, 0.3) is 0 Å². The summed E-state index contributed by atoms with van der Waals surface area (Å²) in [6, 6.07) is 6.01. The van der Waals surface area contributed by atoms with Crippen LogP contribution in [0.1, 0.15) is 43.4 Å². The predicted molar refractivity (Wildman–Crippen MR) is 118 cm³/mol. The van der Waals surface area contributed by atoms with Gasteiger partial charge in [-0.15, -0.1) is 11.8 Å². The number of thioether (sulfide) groups is 1. The number of benzene rings is 1. The first-order valence-electron chi connectivity index (χ1n) is 9.79. The first-order chi connectivity index (χ1) is 13.8. The number of aliphatic carboxylic acids is 1. The van der Waals surface area contributed by atoms with Gasteiger partial charge in [-0.2, -0.15) is 0 Å². The van der Waals surface area contributed by atoms with Gasteiger partial charge < -0.3 is 15.4 Å². The van der Waals surface area contributed by atoms with Gasteiger partial charge in [0.1, 0.15) is 5.04 Å². The van der Waals surface area contributed by atoms with Crippen LogP contribution in [0, 0.1) is 0 Å². The Morgan fingerprint density at radius 3 is 2.76 bits per heavy atom. The summed E-state index contributed by atoms with van der Waals surface area (Å²) in [5.41, 5.74) is 3.47. The third kappa shape index (κ3) is 4.95. The Bertz CT molecular complexity index is 1070. The van der Waals surface area contributed by atoms with E-state index in [1.54, 1.807) is 11.8 Å². The molecule has 1 aromatic heterocycles. The fraction of sp³-hybridized carbons (Fsp3) is 0.500. The maximum absolute atomic E-state index is 11.8. The van der Waals surface area contributed by atoms with Gasteiger partial charge in [0.05, 0.1) is 35.1 Å². The molecule has 0 saturated heterocycles. The molecule has 1 fully saturated rings. The maximum atomic E-state index is 11.8. The average molecular weight is 436 g/mol. The monoisotopic (exact) mass is 435 g/mol. The van der Waals surface area contributed by atoms with Crippen LogP contribution in [-0.2, 0) is 20.4 Å². The first-order valence-corrected chi connectivity index (χ1v) is 12.8. The van der Waals surface area contributed by atoms with Crippen LogP contribution in [-0.4, -0.2) is 53.6 Å². The number of aromatic nitrogens is 1. The van der Waals surface area contributed by atoms with Gasteiger partial charge in [-0.25, -0.2) is 8.42 Å². The molecule has 1 unspecified atom stereocenters. The molecule has 0 bridgehead atoms. The van der Waals surface area contributed by atoms with Crippen LogP contribution >= 0.6 is 11.8 Å². The number of carboxylic acid groups (broad SMARTS) is 1. The number of fused-ring (bicyclic) bond motifs is 1. The van der Waals surface area contributed by atoms with Crippen molar-refractivity contribution in [2.24, 2.45) is 4.99 Å². The lowest BCUT2D eigenvalue weighted by molar-refractivity contribution is -0.137. The van der Waals surface area contributed by atoms with E-state index in [0.717, 1.165) is 45.7 Å². The molecule has 1 aliphatic carbocycles. The third-order valence-electron chi connectivity index (χ3n) is 5.28. The van der Waals surface area contributed by atoms with Crippen LogP contribution < -0.4 is 5.32 Å². The average Bonchev–Trinajstić information content (AvgIpc) is 3.32. The predicted octanol–water partition coefficient (Wildman–Crippen LogP) is 3.40. The molecule has 0 spiro atoms. The summed E-state index contributed by atoms with van der Waals surface area (Å²) in [5.74, 6) is -0.186. The first kappa shape index (κ1) is 20.3. The van der Waals surface area contributed by atoms with Crippen LogP contribution in [0.3, 0.4) is 0 Å².